The first-order valence-corrected chi connectivity index (χ1v) is 12.6. The maximum Gasteiger partial charge on any atom is 0.133 e. The molecule has 1 aromatic heterocycles. The minimum atomic E-state index is 0.324. The Morgan fingerprint density at radius 3 is 2.36 bits per heavy atom. The summed E-state index contributed by atoms with van der Waals surface area (Å²) in [7, 11) is 0. The van der Waals surface area contributed by atoms with Crippen molar-refractivity contribution in [3.8, 4) is 0 Å². The second kappa shape index (κ2) is 10.5. The van der Waals surface area contributed by atoms with Gasteiger partial charge in [-0.3, -0.25) is 0 Å². The summed E-state index contributed by atoms with van der Waals surface area (Å²) < 4.78 is 0. The zero-order chi connectivity index (χ0) is 22.5. The first-order valence-electron chi connectivity index (χ1n) is 12.6. The Morgan fingerprint density at radius 2 is 1.61 bits per heavy atom. The van der Waals surface area contributed by atoms with Gasteiger partial charge >= 0.3 is 0 Å². The number of nitrogens with zero attached hydrogens (tertiary/aromatic N) is 3. The van der Waals surface area contributed by atoms with Crippen molar-refractivity contribution in [2.75, 3.05) is 42.6 Å². The summed E-state index contributed by atoms with van der Waals surface area (Å²) in [5, 5.41) is 14.2. The second-order valence-corrected chi connectivity index (χ2v) is 9.59. The van der Waals surface area contributed by atoms with Gasteiger partial charge in [-0.05, 0) is 67.9 Å². The van der Waals surface area contributed by atoms with E-state index in [2.05, 4.69) is 69.7 Å². The van der Waals surface area contributed by atoms with Crippen LogP contribution in [0.25, 0.3) is 10.9 Å². The number of benzene rings is 2. The van der Waals surface area contributed by atoms with Gasteiger partial charge in [-0.2, -0.15) is 0 Å². The Balaban J connectivity index is 1.23. The highest BCUT2D eigenvalue weighted by Crippen LogP contribution is 2.27. The van der Waals surface area contributed by atoms with Crippen molar-refractivity contribution in [1.82, 2.24) is 10.3 Å². The molecule has 0 radical (unpaired) electrons. The molecule has 0 bridgehead atoms. The van der Waals surface area contributed by atoms with E-state index < -0.39 is 0 Å². The third-order valence-corrected chi connectivity index (χ3v) is 7.25. The molecule has 0 atom stereocenters. The summed E-state index contributed by atoms with van der Waals surface area (Å²) >= 11 is 0. The van der Waals surface area contributed by atoms with Gasteiger partial charge in [0.05, 0.1) is 5.52 Å². The lowest BCUT2D eigenvalue weighted by molar-refractivity contribution is 0.203. The number of aliphatic hydroxyl groups excluding tert-OH is 1. The summed E-state index contributed by atoms with van der Waals surface area (Å²) in [5.74, 6) is 1.63. The number of fused-ring (bicyclic) bond motifs is 1. The molecule has 2 aliphatic heterocycles. The summed E-state index contributed by atoms with van der Waals surface area (Å²) in [5.41, 5.74) is 4.97. The zero-order valence-corrected chi connectivity index (χ0v) is 19.5. The molecule has 5 nitrogen and oxygen atoms in total. The van der Waals surface area contributed by atoms with E-state index in [4.69, 9.17) is 4.98 Å². The van der Waals surface area contributed by atoms with Gasteiger partial charge in [0.2, 0.25) is 0 Å². The predicted octanol–water partition coefficient (Wildman–Crippen LogP) is 4.72. The molecule has 5 rings (SSSR count). The highest BCUT2D eigenvalue weighted by molar-refractivity contribution is 5.81. The molecule has 0 aliphatic carbocycles. The summed E-state index contributed by atoms with van der Waals surface area (Å²) in [6.07, 6.45) is 6.00. The van der Waals surface area contributed by atoms with E-state index in [1.165, 1.54) is 41.5 Å². The van der Waals surface area contributed by atoms with Crippen molar-refractivity contribution in [2.45, 2.75) is 45.2 Å². The van der Waals surface area contributed by atoms with Crippen molar-refractivity contribution in [3.63, 3.8) is 0 Å². The van der Waals surface area contributed by atoms with E-state index >= 15 is 0 Å². The van der Waals surface area contributed by atoms with Crippen LogP contribution in [0.1, 0.15) is 43.2 Å². The van der Waals surface area contributed by atoms with E-state index in [9.17, 15) is 5.11 Å². The van der Waals surface area contributed by atoms with E-state index in [0.717, 1.165) is 63.4 Å². The molecule has 0 unspecified atom stereocenters. The molecule has 3 heterocycles. The smallest absolute Gasteiger partial charge is 0.133 e. The molecule has 3 aromatic rings. The first kappa shape index (κ1) is 22.2. The topological polar surface area (TPSA) is 51.6 Å². The lowest BCUT2D eigenvalue weighted by Gasteiger charge is -2.33. The summed E-state index contributed by atoms with van der Waals surface area (Å²) in [6.45, 7) is 6.28. The number of aliphatic hydroxyl groups is 1. The molecule has 174 valence electrons. The maximum atomic E-state index is 9.36. The monoisotopic (exact) mass is 444 g/mol. The second-order valence-electron chi connectivity index (χ2n) is 9.59. The maximum absolute atomic E-state index is 9.36. The van der Waals surface area contributed by atoms with Crippen molar-refractivity contribution in [2.24, 2.45) is 5.92 Å². The standard InChI is InChI=1S/C28H36N4O/c33-21-23-12-16-31(17-13-23)26-10-8-22(9-11-26)19-29-20-25-18-24-6-2-3-7-27(24)30-28(25)32-14-4-1-5-15-32/h2-3,6-11,18,23,29,33H,1,4-5,12-17,19-21H2. The third-order valence-electron chi connectivity index (χ3n) is 7.25. The summed E-state index contributed by atoms with van der Waals surface area (Å²) in [6, 6.07) is 19.7. The van der Waals surface area contributed by atoms with E-state index in [-0.39, 0.29) is 0 Å². The third kappa shape index (κ3) is 5.31. The van der Waals surface area contributed by atoms with Gasteiger partial charge in [-0.15, -0.1) is 0 Å². The van der Waals surface area contributed by atoms with E-state index in [1.807, 2.05) is 0 Å². The van der Waals surface area contributed by atoms with Crippen LogP contribution < -0.4 is 15.1 Å². The number of rotatable bonds is 7. The van der Waals surface area contributed by atoms with Gasteiger partial charge in [0, 0.05) is 62.5 Å². The van der Waals surface area contributed by atoms with Crippen LogP contribution in [0.5, 0.6) is 0 Å². The average Bonchev–Trinajstić information content (AvgIpc) is 2.89. The number of nitrogens with one attached hydrogen (secondary N) is 1. The van der Waals surface area contributed by atoms with Crippen LogP contribution in [0, 0.1) is 5.92 Å². The first-order chi connectivity index (χ1) is 16.3. The Kier molecular flexibility index (Phi) is 7.08. The average molecular weight is 445 g/mol. The number of pyridine rings is 1. The normalized spacial score (nSPS) is 17.6. The van der Waals surface area contributed by atoms with Gasteiger partial charge in [-0.25, -0.2) is 4.98 Å². The lowest BCUT2D eigenvalue weighted by atomic mass is 9.97. The fraction of sp³-hybridized carbons (Fsp3) is 0.464. The number of piperidine rings is 2. The Labute approximate surface area is 197 Å². The molecule has 2 aromatic carbocycles. The minimum absolute atomic E-state index is 0.324. The fourth-order valence-corrected chi connectivity index (χ4v) is 5.20. The van der Waals surface area contributed by atoms with Crippen LogP contribution in [-0.2, 0) is 13.1 Å². The van der Waals surface area contributed by atoms with Gasteiger partial charge in [0.1, 0.15) is 5.82 Å². The SMILES string of the molecule is OCC1CCN(c2ccc(CNCc3cc4ccccc4nc3N3CCCCC3)cc2)CC1. The molecular formula is C28H36N4O. The molecular weight excluding hydrogens is 408 g/mol. The molecule has 0 amide bonds. The molecule has 33 heavy (non-hydrogen) atoms. The highest BCUT2D eigenvalue weighted by Gasteiger charge is 2.19. The Bertz CT molecular complexity index is 1040. The van der Waals surface area contributed by atoms with E-state index in [0.29, 0.717) is 12.5 Å². The largest absolute Gasteiger partial charge is 0.396 e. The molecule has 2 fully saturated rings. The lowest BCUT2D eigenvalue weighted by Crippen LogP contribution is -2.34. The van der Waals surface area contributed by atoms with Gasteiger partial charge < -0.3 is 20.2 Å². The van der Waals surface area contributed by atoms with Crippen LogP contribution in [0.2, 0.25) is 0 Å². The Morgan fingerprint density at radius 1 is 0.848 bits per heavy atom. The molecule has 0 saturated carbocycles. The van der Waals surface area contributed by atoms with Crippen LogP contribution in [-0.4, -0.2) is 42.9 Å². The van der Waals surface area contributed by atoms with Crippen LogP contribution in [0.3, 0.4) is 0 Å². The van der Waals surface area contributed by atoms with Crippen LogP contribution in [0.15, 0.2) is 54.6 Å². The zero-order valence-electron chi connectivity index (χ0n) is 19.5. The van der Waals surface area contributed by atoms with Crippen molar-refractivity contribution in [3.05, 3.63) is 65.7 Å². The molecule has 0 spiro atoms. The van der Waals surface area contributed by atoms with Crippen molar-refractivity contribution < 1.29 is 5.11 Å². The van der Waals surface area contributed by atoms with Crippen molar-refractivity contribution >= 4 is 22.4 Å². The van der Waals surface area contributed by atoms with Crippen LogP contribution in [0.4, 0.5) is 11.5 Å². The summed E-state index contributed by atoms with van der Waals surface area (Å²) in [4.78, 5) is 9.98. The minimum Gasteiger partial charge on any atom is -0.396 e. The molecule has 2 N–H and O–H groups in total. The number of anilines is 2. The predicted molar refractivity (Wildman–Crippen MR) is 137 cm³/mol. The quantitative estimate of drug-likeness (QED) is 0.552. The van der Waals surface area contributed by atoms with E-state index in [1.54, 1.807) is 0 Å². The number of hydrogen-bond acceptors (Lipinski definition) is 5. The highest BCUT2D eigenvalue weighted by atomic mass is 16.3. The fourth-order valence-electron chi connectivity index (χ4n) is 5.20. The van der Waals surface area contributed by atoms with Crippen LogP contribution >= 0.6 is 0 Å². The van der Waals surface area contributed by atoms with Gasteiger partial charge in [-0.1, -0.05) is 30.3 Å². The van der Waals surface area contributed by atoms with Gasteiger partial charge in [0.15, 0.2) is 0 Å². The van der Waals surface area contributed by atoms with Crippen molar-refractivity contribution in [1.29, 1.82) is 0 Å². The molecule has 2 aliphatic rings. The Hall–Kier alpha value is -2.63. The number of aromatic nitrogens is 1. The molecule has 2 saturated heterocycles. The van der Waals surface area contributed by atoms with Gasteiger partial charge in [0.25, 0.3) is 0 Å². The molecule has 5 heteroatoms. The number of para-hydroxylation sites is 1. The number of hydrogen-bond donors (Lipinski definition) is 2.